The van der Waals surface area contributed by atoms with Gasteiger partial charge in [0, 0.05) is 0 Å². The van der Waals surface area contributed by atoms with Crippen LogP contribution in [-0.4, -0.2) is 73.6 Å². The molecule has 12 heteroatoms. The number of anilines is 1. The summed E-state index contributed by atoms with van der Waals surface area (Å²) in [6, 6.07) is 1.33. The minimum atomic E-state index is -1.26. The van der Waals surface area contributed by atoms with E-state index in [9.17, 15) is 19.5 Å². The first-order valence-electron chi connectivity index (χ1n) is 9.29. The number of carbonyl (C=O) groups is 3. The molecule has 2 aromatic heterocycles. The van der Waals surface area contributed by atoms with E-state index in [2.05, 4.69) is 9.97 Å². The molecule has 9 nitrogen and oxygen atoms in total. The number of piperidine rings is 1. The molecule has 2 aromatic rings. The van der Waals surface area contributed by atoms with Crippen LogP contribution in [0.25, 0.3) is 0 Å². The summed E-state index contributed by atoms with van der Waals surface area (Å²) in [6.45, 7) is 2.74. The summed E-state index contributed by atoms with van der Waals surface area (Å²) >= 11 is 11.1. The summed E-state index contributed by atoms with van der Waals surface area (Å²) in [5.41, 5.74) is 5.88. The number of H-pyrrole nitrogens is 1. The molecule has 166 valence electrons. The van der Waals surface area contributed by atoms with Crippen molar-refractivity contribution in [1.82, 2.24) is 9.97 Å². The van der Waals surface area contributed by atoms with Gasteiger partial charge in [-0.3, -0.25) is 0 Å². The fourth-order valence-electron chi connectivity index (χ4n) is 3.49. The van der Waals surface area contributed by atoms with Crippen molar-refractivity contribution in [3.05, 3.63) is 44.8 Å². The Labute approximate surface area is 194 Å². The normalized spacial score (nSPS) is 19.2. The number of aryl methyl sites for hydroxylation is 1. The predicted molar refractivity (Wildman–Crippen MR) is 118 cm³/mol. The second-order valence-corrected chi connectivity index (χ2v) is 11.0. The van der Waals surface area contributed by atoms with E-state index in [1.54, 1.807) is 14.0 Å². The number of aromatic carboxylic acids is 1. The van der Waals surface area contributed by atoms with Crippen LogP contribution >= 0.6 is 23.2 Å². The fourth-order valence-corrected chi connectivity index (χ4v) is 6.94. The quantitative estimate of drug-likeness (QED) is 0.466. The molecular weight excluding hydrogens is 510 g/mol. The second kappa shape index (κ2) is 9.61. The molecule has 4 N–H and O–H groups in total. The van der Waals surface area contributed by atoms with Crippen molar-refractivity contribution < 1.29 is 24.2 Å². The van der Waals surface area contributed by atoms with E-state index >= 15 is 0 Å². The number of hydrogen-bond acceptors (Lipinski definition) is 6. The summed E-state index contributed by atoms with van der Waals surface area (Å²) in [5, 5.41) is 10.00. The van der Waals surface area contributed by atoms with Crippen LogP contribution in [0.4, 0.5) is 5.82 Å². The molecule has 0 spiro atoms. The Balaban J connectivity index is 1.76. The van der Waals surface area contributed by atoms with Crippen LogP contribution in [0.15, 0.2) is 12.3 Å². The summed E-state index contributed by atoms with van der Waals surface area (Å²) < 4.78 is 5.66. The van der Waals surface area contributed by atoms with Crippen LogP contribution in [-0.2, 0) is 4.74 Å². The van der Waals surface area contributed by atoms with Crippen LogP contribution < -0.4 is 10.6 Å². The number of rotatable bonds is 7. The number of hydrogen-bond donors (Lipinski definition) is 3. The summed E-state index contributed by atoms with van der Waals surface area (Å²) in [5.74, 6) is -1.71. The molecule has 0 aromatic carbocycles. The molecular formula is C19H21AsCl2N4O5. The van der Waals surface area contributed by atoms with Crippen LogP contribution in [0, 0.1) is 6.92 Å². The van der Waals surface area contributed by atoms with Gasteiger partial charge in [0.25, 0.3) is 0 Å². The van der Waals surface area contributed by atoms with Crippen molar-refractivity contribution in [1.29, 1.82) is 0 Å². The first kappa shape index (κ1) is 23.6. The molecule has 0 bridgehead atoms. The van der Waals surface area contributed by atoms with E-state index in [-0.39, 0.29) is 31.5 Å². The van der Waals surface area contributed by atoms with Crippen LogP contribution in [0.5, 0.6) is 0 Å². The molecule has 1 saturated heterocycles. The van der Waals surface area contributed by atoms with Gasteiger partial charge < -0.3 is 0 Å². The minimum absolute atomic E-state index is 0.0300. The average molecular weight is 531 g/mol. The Morgan fingerprint density at radius 3 is 2.58 bits per heavy atom. The number of methoxy groups -OCH3 is 1. The standard InChI is InChI=1S/C19H21AsCl2N4O5/c1-8-14(21)15(22)16(25-8)17(27)20-11-3-4-26(7-12(11)31-2)13-5-9(19(29)30)10(6-24-13)18(23)28/h5-6,11-12,20,25H,3-4,7H2,1-2H3,(H2,23,28)(H,29,30). The number of nitrogens with two attached hydrogens (primary N) is 1. The number of carboxylic acids is 1. The number of aromatic amines is 1. The van der Waals surface area contributed by atoms with Gasteiger partial charge in [-0.05, 0) is 0 Å². The van der Waals surface area contributed by atoms with E-state index in [1.165, 1.54) is 12.3 Å². The number of pyridine rings is 1. The molecule has 3 unspecified atom stereocenters. The average Bonchev–Trinajstić information content (AvgIpc) is 3.00. The summed E-state index contributed by atoms with van der Waals surface area (Å²) in [7, 11) is 1.58. The number of nitrogens with zero attached hydrogens (tertiary/aromatic N) is 2. The van der Waals surface area contributed by atoms with Gasteiger partial charge in [0.2, 0.25) is 0 Å². The number of amides is 1. The van der Waals surface area contributed by atoms with E-state index in [0.717, 1.165) is 0 Å². The van der Waals surface area contributed by atoms with Crippen LogP contribution in [0.2, 0.25) is 14.8 Å². The van der Waals surface area contributed by atoms with Crippen molar-refractivity contribution in [2.45, 2.75) is 24.2 Å². The first-order chi connectivity index (χ1) is 14.6. The molecule has 0 aliphatic carbocycles. The molecule has 0 saturated carbocycles. The summed E-state index contributed by atoms with van der Waals surface area (Å²) in [4.78, 5) is 44.8. The van der Waals surface area contributed by atoms with Crippen molar-refractivity contribution in [3.63, 3.8) is 0 Å². The Morgan fingerprint density at radius 1 is 1.32 bits per heavy atom. The third-order valence-corrected chi connectivity index (χ3v) is 9.35. The Hall–Kier alpha value is -2.06. The third-order valence-electron chi connectivity index (χ3n) is 5.17. The molecule has 0 radical (unpaired) electrons. The topological polar surface area (TPSA) is 139 Å². The molecule has 31 heavy (non-hydrogen) atoms. The molecule has 3 heterocycles. The van der Waals surface area contributed by atoms with E-state index in [4.69, 9.17) is 33.7 Å². The van der Waals surface area contributed by atoms with Crippen molar-refractivity contribution in [3.8, 4) is 0 Å². The second-order valence-electron chi connectivity index (χ2n) is 7.10. The first-order valence-corrected chi connectivity index (χ1v) is 12.3. The van der Waals surface area contributed by atoms with Crippen molar-refractivity contribution >= 4 is 61.2 Å². The van der Waals surface area contributed by atoms with Crippen LogP contribution in [0.1, 0.15) is 43.3 Å². The van der Waals surface area contributed by atoms with E-state index < -0.39 is 27.6 Å². The Bertz CT molecular complexity index is 1040. The molecule has 1 amide bonds. The number of carboxylic acid groups (broad SMARTS) is 1. The third kappa shape index (κ3) is 4.90. The van der Waals surface area contributed by atoms with Gasteiger partial charge in [0.15, 0.2) is 0 Å². The number of ether oxygens (including phenoxy) is 1. The monoisotopic (exact) mass is 530 g/mol. The molecule has 3 atom stereocenters. The Morgan fingerprint density at radius 2 is 2.03 bits per heavy atom. The molecule has 1 fully saturated rings. The number of primary amides is 1. The number of carbonyl (C=O) groups excluding carboxylic acids is 2. The van der Waals surface area contributed by atoms with E-state index in [1.807, 2.05) is 4.90 Å². The maximum absolute atomic E-state index is 12.8. The SMILES string of the molecule is COC1CN(c2cc(C(=O)O)c(C(N)=O)cn2)CCC1[AsH]C(=O)c1[nH]c(C)c(Cl)c1Cl. The zero-order chi connectivity index (χ0) is 22.9. The van der Waals surface area contributed by atoms with Crippen molar-refractivity contribution in [2.75, 3.05) is 25.1 Å². The fraction of sp³-hybridized carbons (Fsp3) is 0.368. The van der Waals surface area contributed by atoms with Crippen molar-refractivity contribution in [2.24, 2.45) is 5.73 Å². The maximum atomic E-state index is 12.8. The van der Waals surface area contributed by atoms with Gasteiger partial charge >= 0.3 is 195 Å². The molecule has 1 aliphatic rings. The zero-order valence-electron chi connectivity index (χ0n) is 16.7. The van der Waals surface area contributed by atoms with Crippen LogP contribution in [0.3, 0.4) is 0 Å². The number of nitrogens with one attached hydrogen (secondary N) is 1. The number of halogens is 2. The molecule has 1 aliphatic heterocycles. The Kier molecular flexibility index (Phi) is 7.31. The van der Waals surface area contributed by atoms with Gasteiger partial charge in [0.1, 0.15) is 0 Å². The molecule has 3 rings (SSSR count). The predicted octanol–water partition coefficient (Wildman–Crippen LogP) is 2.11. The number of aromatic nitrogens is 2. The van der Waals surface area contributed by atoms with Gasteiger partial charge in [-0.2, -0.15) is 0 Å². The van der Waals surface area contributed by atoms with Gasteiger partial charge in [-0.15, -0.1) is 0 Å². The van der Waals surface area contributed by atoms with Gasteiger partial charge in [0.05, 0.1) is 0 Å². The van der Waals surface area contributed by atoms with Gasteiger partial charge in [-0.25, -0.2) is 0 Å². The van der Waals surface area contributed by atoms with Gasteiger partial charge in [-0.1, -0.05) is 0 Å². The van der Waals surface area contributed by atoms with E-state index in [0.29, 0.717) is 41.7 Å². The zero-order valence-corrected chi connectivity index (χ0v) is 20.3. The summed E-state index contributed by atoms with van der Waals surface area (Å²) in [6.07, 6.45) is 1.59.